The first-order valence-corrected chi connectivity index (χ1v) is 8.50. The second kappa shape index (κ2) is 7.35. The Morgan fingerprint density at radius 2 is 1.92 bits per heavy atom. The van der Waals surface area contributed by atoms with Crippen molar-refractivity contribution in [3.05, 3.63) is 71.5 Å². The minimum Gasteiger partial charge on any atom is -0.489 e. The van der Waals surface area contributed by atoms with E-state index in [1.165, 1.54) is 0 Å². The Bertz CT molecular complexity index is 891. The lowest BCUT2D eigenvalue weighted by Gasteiger charge is -2.08. The predicted octanol–water partition coefficient (Wildman–Crippen LogP) is 2.94. The molecule has 2 aromatic carbocycles. The molecule has 7 nitrogen and oxygen atoms in total. The van der Waals surface area contributed by atoms with Crippen molar-refractivity contribution in [2.24, 2.45) is 0 Å². The average Bonchev–Trinajstić information content (AvgIpc) is 3.43. The molecule has 0 unspecified atom stereocenters. The Balaban J connectivity index is 1.36. The van der Waals surface area contributed by atoms with Crippen molar-refractivity contribution in [1.82, 2.24) is 20.2 Å². The van der Waals surface area contributed by atoms with Gasteiger partial charge >= 0.3 is 5.97 Å². The molecule has 0 N–H and O–H groups in total. The van der Waals surface area contributed by atoms with E-state index < -0.39 is 5.97 Å². The van der Waals surface area contributed by atoms with Crippen molar-refractivity contribution < 1.29 is 14.3 Å². The van der Waals surface area contributed by atoms with Gasteiger partial charge in [0.1, 0.15) is 12.4 Å². The van der Waals surface area contributed by atoms with Crippen LogP contribution in [0.5, 0.6) is 5.75 Å². The van der Waals surface area contributed by atoms with Crippen LogP contribution in [0.25, 0.3) is 0 Å². The molecule has 0 saturated heterocycles. The van der Waals surface area contributed by atoms with E-state index in [9.17, 15) is 4.79 Å². The minimum absolute atomic E-state index is 0.0530. The van der Waals surface area contributed by atoms with Gasteiger partial charge in [-0.3, -0.25) is 0 Å². The molecule has 26 heavy (non-hydrogen) atoms. The lowest BCUT2D eigenvalue weighted by molar-refractivity contribution is 0.0456. The third-order valence-electron chi connectivity index (χ3n) is 4.10. The van der Waals surface area contributed by atoms with Crippen LogP contribution in [0, 0.1) is 0 Å². The number of carbonyl (C=O) groups excluding carboxylic acids is 1. The van der Waals surface area contributed by atoms with Crippen LogP contribution in [0.2, 0.25) is 0 Å². The first-order valence-electron chi connectivity index (χ1n) is 8.50. The van der Waals surface area contributed by atoms with Crippen LogP contribution in [0.15, 0.2) is 54.6 Å². The van der Waals surface area contributed by atoms with Crippen molar-refractivity contribution in [3.8, 4) is 5.75 Å². The molecule has 1 saturated carbocycles. The number of carbonyl (C=O) groups is 1. The first kappa shape index (κ1) is 16.3. The van der Waals surface area contributed by atoms with Crippen LogP contribution in [0.1, 0.15) is 40.6 Å². The molecule has 0 amide bonds. The molecular formula is C19H18N4O3. The van der Waals surface area contributed by atoms with Crippen molar-refractivity contribution >= 4 is 5.97 Å². The standard InChI is InChI=1S/C19H18N4O3/c24-19(26-13-18-20-21-22-23(18)16-9-10-16)15-7-4-8-17(11-15)25-12-14-5-2-1-3-6-14/h1-8,11,16H,9-10,12-13H2. The second-order valence-corrected chi connectivity index (χ2v) is 6.15. The molecule has 1 aliphatic rings. The Morgan fingerprint density at radius 3 is 2.73 bits per heavy atom. The van der Waals surface area contributed by atoms with Gasteiger partial charge in [0.05, 0.1) is 11.6 Å². The summed E-state index contributed by atoms with van der Waals surface area (Å²) in [4.78, 5) is 12.3. The second-order valence-electron chi connectivity index (χ2n) is 6.15. The summed E-state index contributed by atoms with van der Waals surface area (Å²) in [7, 11) is 0. The number of aromatic nitrogens is 4. The lowest BCUT2D eigenvalue weighted by Crippen LogP contribution is -2.10. The number of rotatable bonds is 7. The number of benzene rings is 2. The molecule has 0 spiro atoms. The summed E-state index contributed by atoms with van der Waals surface area (Å²) in [6, 6.07) is 17.1. The maximum absolute atomic E-state index is 12.3. The fourth-order valence-electron chi connectivity index (χ4n) is 2.58. The van der Waals surface area contributed by atoms with Crippen molar-refractivity contribution in [2.45, 2.75) is 32.1 Å². The fourth-order valence-corrected chi connectivity index (χ4v) is 2.58. The monoisotopic (exact) mass is 350 g/mol. The average molecular weight is 350 g/mol. The summed E-state index contributed by atoms with van der Waals surface area (Å²) in [6.45, 7) is 0.493. The van der Waals surface area contributed by atoms with Gasteiger partial charge in [0, 0.05) is 0 Å². The van der Waals surface area contributed by atoms with Gasteiger partial charge in [0.25, 0.3) is 0 Å². The van der Waals surface area contributed by atoms with Gasteiger partial charge in [-0.1, -0.05) is 36.4 Å². The normalized spacial score (nSPS) is 13.4. The SMILES string of the molecule is O=C(OCc1nnnn1C1CC1)c1cccc(OCc2ccccc2)c1. The number of nitrogens with zero attached hydrogens (tertiary/aromatic N) is 4. The molecule has 132 valence electrons. The van der Waals surface area contributed by atoms with Crippen LogP contribution in [-0.4, -0.2) is 26.2 Å². The molecular weight excluding hydrogens is 332 g/mol. The van der Waals surface area contributed by atoms with E-state index in [1.807, 2.05) is 36.4 Å². The topological polar surface area (TPSA) is 79.1 Å². The highest BCUT2D eigenvalue weighted by Gasteiger charge is 2.28. The van der Waals surface area contributed by atoms with Gasteiger partial charge in [0.2, 0.25) is 0 Å². The number of tetrazole rings is 1. The lowest BCUT2D eigenvalue weighted by atomic mass is 10.2. The maximum atomic E-state index is 12.3. The van der Waals surface area contributed by atoms with E-state index in [1.54, 1.807) is 22.9 Å². The van der Waals surface area contributed by atoms with Crippen molar-refractivity contribution in [3.63, 3.8) is 0 Å². The van der Waals surface area contributed by atoms with Crippen LogP contribution >= 0.6 is 0 Å². The smallest absolute Gasteiger partial charge is 0.338 e. The molecule has 0 bridgehead atoms. The molecule has 0 aliphatic heterocycles. The Hall–Kier alpha value is -3.22. The summed E-state index contributed by atoms with van der Waals surface area (Å²) in [5.74, 6) is 0.754. The molecule has 7 heteroatoms. The van der Waals surface area contributed by atoms with Gasteiger partial charge in [-0.2, -0.15) is 0 Å². The quantitative estimate of drug-likeness (QED) is 0.610. The Labute approximate surface area is 150 Å². The highest BCUT2D eigenvalue weighted by atomic mass is 16.5. The molecule has 3 aromatic rings. The van der Waals surface area contributed by atoms with Gasteiger partial charge in [0.15, 0.2) is 12.4 Å². The van der Waals surface area contributed by atoms with E-state index >= 15 is 0 Å². The molecule has 0 atom stereocenters. The summed E-state index contributed by atoms with van der Waals surface area (Å²) in [6.07, 6.45) is 2.12. The van der Waals surface area contributed by atoms with Crippen LogP contribution in [0.3, 0.4) is 0 Å². The number of esters is 1. The largest absolute Gasteiger partial charge is 0.489 e. The van der Waals surface area contributed by atoms with Gasteiger partial charge in [-0.05, 0) is 47.0 Å². The summed E-state index contributed by atoms with van der Waals surface area (Å²) >= 11 is 0. The molecule has 0 radical (unpaired) electrons. The van der Waals surface area contributed by atoms with E-state index in [4.69, 9.17) is 9.47 Å². The van der Waals surface area contributed by atoms with Gasteiger partial charge in [-0.15, -0.1) is 5.10 Å². The third-order valence-corrected chi connectivity index (χ3v) is 4.10. The van der Waals surface area contributed by atoms with Gasteiger partial charge in [-0.25, -0.2) is 9.48 Å². The summed E-state index contributed by atoms with van der Waals surface area (Å²) < 4.78 is 12.8. The number of hydrogen-bond donors (Lipinski definition) is 0. The predicted molar refractivity (Wildman–Crippen MR) is 92.4 cm³/mol. The van der Waals surface area contributed by atoms with Crippen LogP contribution in [0.4, 0.5) is 0 Å². The van der Waals surface area contributed by atoms with E-state index in [-0.39, 0.29) is 6.61 Å². The molecule has 1 heterocycles. The van der Waals surface area contributed by atoms with E-state index in [2.05, 4.69) is 15.5 Å². The van der Waals surface area contributed by atoms with Crippen molar-refractivity contribution in [1.29, 1.82) is 0 Å². The Morgan fingerprint density at radius 1 is 1.08 bits per heavy atom. The zero-order chi connectivity index (χ0) is 17.8. The molecule has 1 aromatic heterocycles. The summed E-state index contributed by atoms with van der Waals surface area (Å²) in [5, 5.41) is 11.5. The molecule has 1 aliphatic carbocycles. The maximum Gasteiger partial charge on any atom is 0.338 e. The van der Waals surface area contributed by atoms with Gasteiger partial charge < -0.3 is 9.47 Å². The highest BCUT2D eigenvalue weighted by Crippen LogP contribution is 2.34. The zero-order valence-electron chi connectivity index (χ0n) is 14.1. The van der Waals surface area contributed by atoms with Crippen LogP contribution in [-0.2, 0) is 18.0 Å². The highest BCUT2D eigenvalue weighted by molar-refractivity contribution is 5.89. The number of hydrogen-bond acceptors (Lipinski definition) is 6. The minimum atomic E-state index is -0.430. The van der Waals surface area contributed by atoms with E-state index in [0.29, 0.717) is 29.8 Å². The molecule has 4 rings (SSSR count). The fraction of sp³-hybridized carbons (Fsp3) is 0.263. The summed E-state index contributed by atoms with van der Waals surface area (Å²) in [5.41, 5.74) is 1.49. The Kier molecular flexibility index (Phi) is 4.59. The van der Waals surface area contributed by atoms with E-state index in [0.717, 1.165) is 18.4 Å². The van der Waals surface area contributed by atoms with Crippen LogP contribution < -0.4 is 4.74 Å². The zero-order valence-corrected chi connectivity index (χ0v) is 14.1. The third kappa shape index (κ3) is 3.88. The van der Waals surface area contributed by atoms with Crippen molar-refractivity contribution in [2.75, 3.05) is 0 Å². The first-order chi connectivity index (χ1) is 12.8. The molecule has 1 fully saturated rings. The number of ether oxygens (including phenoxy) is 2.